The van der Waals surface area contributed by atoms with Gasteiger partial charge in [0.05, 0.1) is 20.5 Å². The second-order valence-electron chi connectivity index (χ2n) is 4.20. The van der Waals surface area contributed by atoms with Gasteiger partial charge in [-0.2, -0.15) is 0 Å². The first-order chi connectivity index (χ1) is 9.72. The molecule has 20 heavy (non-hydrogen) atoms. The van der Waals surface area contributed by atoms with Crippen molar-refractivity contribution in [1.82, 2.24) is 0 Å². The van der Waals surface area contributed by atoms with E-state index in [0.29, 0.717) is 30.0 Å². The van der Waals surface area contributed by atoms with E-state index in [1.807, 2.05) is 12.1 Å². The number of aryl methyl sites for hydroxylation is 1. The lowest BCUT2D eigenvalue weighted by atomic mass is 10.2. The molecule has 0 radical (unpaired) electrons. The predicted octanol–water partition coefficient (Wildman–Crippen LogP) is 2.87. The molecule has 0 unspecified atom stereocenters. The van der Waals surface area contributed by atoms with Crippen LogP contribution in [0.15, 0.2) is 41.0 Å². The molecule has 0 aliphatic carbocycles. The number of rotatable bonds is 6. The van der Waals surface area contributed by atoms with Gasteiger partial charge >= 0.3 is 0 Å². The van der Waals surface area contributed by atoms with Crippen molar-refractivity contribution in [3.05, 3.63) is 42.4 Å². The molecule has 1 amide bonds. The molecule has 1 aromatic carbocycles. The molecule has 0 fully saturated rings. The summed E-state index contributed by atoms with van der Waals surface area (Å²) in [6.07, 6.45) is 2.54. The highest BCUT2D eigenvalue weighted by atomic mass is 16.5. The molecular weight excluding hydrogens is 258 g/mol. The Hall–Kier alpha value is -2.43. The molecule has 0 bridgehead atoms. The van der Waals surface area contributed by atoms with Crippen LogP contribution in [0.25, 0.3) is 0 Å². The molecule has 1 aromatic heterocycles. The van der Waals surface area contributed by atoms with Crippen LogP contribution in [-0.2, 0) is 11.2 Å². The maximum Gasteiger partial charge on any atom is 0.224 e. The summed E-state index contributed by atoms with van der Waals surface area (Å²) in [6.45, 7) is 0. The zero-order valence-corrected chi connectivity index (χ0v) is 11.5. The quantitative estimate of drug-likeness (QED) is 0.880. The van der Waals surface area contributed by atoms with Crippen molar-refractivity contribution in [2.75, 3.05) is 19.5 Å². The highest BCUT2D eigenvalue weighted by Crippen LogP contribution is 2.29. The van der Waals surface area contributed by atoms with Gasteiger partial charge in [-0.1, -0.05) is 0 Å². The number of methoxy groups -OCH3 is 2. The van der Waals surface area contributed by atoms with Crippen molar-refractivity contribution < 1.29 is 18.7 Å². The smallest absolute Gasteiger partial charge is 0.224 e. The van der Waals surface area contributed by atoms with Gasteiger partial charge < -0.3 is 19.2 Å². The normalized spacial score (nSPS) is 10.1. The number of hydrogen-bond acceptors (Lipinski definition) is 4. The van der Waals surface area contributed by atoms with Gasteiger partial charge in [0.2, 0.25) is 5.91 Å². The molecule has 0 saturated carbocycles. The van der Waals surface area contributed by atoms with E-state index in [1.54, 1.807) is 38.7 Å². The Labute approximate surface area is 117 Å². The Morgan fingerprint density at radius 1 is 1.20 bits per heavy atom. The van der Waals surface area contributed by atoms with Gasteiger partial charge in [-0.3, -0.25) is 4.79 Å². The average molecular weight is 275 g/mol. The van der Waals surface area contributed by atoms with E-state index in [0.717, 1.165) is 5.76 Å². The van der Waals surface area contributed by atoms with Crippen LogP contribution < -0.4 is 14.8 Å². The molecule has 0 spiro atoms. The number of carbonyl (C=O) groups is 1. The first-order valence-corrected chi connectivity index (χ1v) is 6.27. The zero-order valence-electron chi connectivity index (χ0n) is 11.5. The van der Waals surface area contributed by atoms with Crippen LogP contribution in [0.1, 0.15) is 12.2 Å². The predicted molar refractivity (Wildman–Crippen MR) is 75.2 cm³/mol. The van der Waals surface area contributed by atoms with E-state index >= 15 is 0 Å². The van der Waals surface area contributed by atoms with Crippen molar-refractivity contribution in [1.29, 1.82) is 0 Å². The minimum atomic E-state index is -0.0754. The lowest BCUT2D eigenvalue weighted by Crippen LogP contribution is -2.12. The molecule has 5 nitrogen and oxygen atoms in total. The van der Waals surface area contributed by atoms with Crippen LogP contribution in [-0.4, -0.2) is 20.1 Å². The lowest BCUT2D eigenvalue weighted by molar-refractivity contribution is -0.116. The number of carbonyl (C=O) groups excluding carboxylic acids is 1. The maximum atomic E-state index is 11.8. The summed E-state index contributed by atoms with van der Waals surface area (Å²) in [5.41, 5.74) is 0.673. The monoisotopic (exact) mass is 275 g/mol. The molecule has 2 aromatic rings. The second-order valence-corrected chi connectivity index (χ2v) is 4.20. The summed E-state index contributed by atoms with van der Waals surface area (Å²) in [6, 6.07) is 8.90. The number of anilines is 1. The Bertz CT molecular complexity index is 563. The third-order valence-corrected chi connectivity index (χ3v) is 2.85. The standard InChI is InChI=1S/C15H17NO4/c1-18-13-7-5-11(10-14(13)19-2)16-15(17)8-6-12-4-3-9-20-12/h3-5,7,9-10H,6,8H2,1-2H3,(H,16,17). The molecule has 0 aliphatic rings. The van der Waals surface area contributed by atoms with Crippen molar-refractivity contribution in [2.24, 2.45) is 0 Å². The van der Waals surface area contributed by atoms with Crippen LogP contribution in [0.5, 0.6) is 11.5 Å². The van der Waals surface area contributed by atoms with Gasteiger partial charge in [-0.25, -0.2) is 0 Å². The van der Waals surface area contributed by atoms with E-state index in [4.69, 9.17) is 13.9 Å². The first-order valence-electron chi connectivity index (χ1n) is 6.27. The van der Waals surface area contributed by atoms with Crippen molar-refractivity contribution in [3.63, 3.8) is 0 Å². The molecule has 0 aliphatic heterocycles. The van der Waals surface area contributed by atoms with E-state index in [9.17, 15) is 4.79 Å². The molecule has 106 valence electrons. The average Bonchev–Trinajstić information content (AvgIpc) is 2.98. The van der Waals surface area contributed by atoms with Crippen molar-refractivity contribution in [3.8, 4) is 11.5 Å². The minimum Gasteiger partial charge on any atom is -0.493 e. The third kappa shape index (κ3) is 3.54. The Balaban J connectivity index is 1.93. The number of nitrogens with one attached hydrogen (secondary N) is 1. The zero-order chi connectivity index (χ0) is 14.4. The maximum absolute atomic E-state index is 11.8. The number of benzene rings is 1. The van der Waals surface area contributed by atoms with Gasteiger partial charge in [-0.05, 0) is 24.3 Å². The lowest BCUT2D eigenvalue weighted by Gasteiger charge is -2.10. The largest absolute Gasteiger partial charge is 0.493 e. The summed E-state index contributed by atoms with van der Waals surface area (Å²) in [7, 11) is 3.12. The number of amides is 1. The van der Waals surface area contributed by atoms with E-state index < -0.39 is 0 Å². The highest BCUT2D eigenvalue weighted by Gasteiger charge is 2.08. The summed E-state index contributed by atoms with van der Waals surface area (Å²) >= 11 is 0. The van der Waals surface area contributed by atoms with Crippen LogP contribution in [0.4, 0.5) is 5.69 Å². The molecule has 2 rings (SSSR count). The third-order valence-electron chi connectivity index (χ3n) is 2.85. The Kier molecular flexibility index (Phi) is 4.65. The SMILES string of the molecule is COc1ccc(NC(=O)CCc2ccco2)cc1OC. The number of furan rings is 1. The molecule has 1 heterocycles. The highest BCUT2D eigenvalue weighted by molar-refractivity contribution is 5.91. The van der Waals surface area contributed by atoms with Crippen LogP contribution >= 0.6 is 0 Å². The fourth-order valence-corrected chi connectivity index (χ4v) is 1.83. The van der Waals surface area contributed by atoms with Gasteiger partial charge in [0.15, 0.2) is 11.5 Å². The van der Waals surface area contributed by atoms with Crippen LogP contribution in [0, 0.1) is 0 Å². The summed E-state index contributed by atoms with van der Waals surface area (Å²) in [5.74, 6) is 1.93. The molecule has 1 N–H and O–H groups in total. The van der Waals surface area contributed by atoms with Gasteiger partial charge in [0.1, 0.15) is 5.76 Å². The van der Waals surface area contributed by atoms with Crippen LogP contribution in [0.2, 0.25) is 0 Å². The van der Waals surface area contributed by atoms with Crippen LogP contribution in [0.3, 0.4) is 0 Å². The van der Waals surface area contributed by atoms with Crippen molar-refractivity contribution in [2.45, 2.75) is 12.8 Å². The molecule has 5 heteroatoms. The minimum absolute atomic E-state index is 0.0754. The van der Waals surface area contributed by atoms with Gasteiger partial charge in [-0.15, -0.1) is 0 Å². The number of ether oxygens (including phenoxy) is 2. The summed E-state index contributed by atoms with van der Waals surface area (Å²) in [4.78, 5) is 11.8. The molecular formula is C15H17NO4. The van der Waals surface area contributed by atoms with Gasteiger partial charge in [0.25, 0.3) is 0 Å². The second kappa shape index (κ2) is 6.65. The fourth-order valence-electron chi connectivity index (χ4n) is 1.83. The number of hydrogen-bond donors (Lipinski definition) is 1. The van der Waals surface area contributed by atoms with Gasteiger partial charge in [0, 0.05) is 24.6 Å². The van der Waals surface area contributed by atoms with E-state index in [1.165, 1.54) is 0 Å². The molecule has 0 atom stereocenters. The summed E-state index contributed by atoms with van der Waals surface area (Å²) in [5, 5.41) is 2.81. The fraction of sp³-hybridized carbons (Fsp3) is 0.267. The van der Waals surface area contributed by atoms with E-state index in [-0.39, 0.29) is 5.91 Å². The topological polar surface area (TPSA) is 60.7 Å². The summed E-state index contributed by atoms with van der Waals surface area (Å²) < 4.78 is 15.5. The Morgan fingerprint density at radius 2 is 2.00 bits per heavy atom. The Morgan fingerprint density at radius 3 is 2.65 bits per heavy atom. The molecule has 0 saturated heterocycles. The van der Waals surface area contributed by atoms with E-state index in [2.05, 4.69) is 5.32 Å². The van der Waals surface area contributed by atoms with Crippen molar-refractivity contribution >= 4 is 11.6 Å². The first kappa shape index (κ1) is 14.0.